The van der Waals surface area contributed by atoms with Gasteiger partial charge in [-0.1, -0.05) is 0 Å². The summed E-state index contributed by atoms with van der Waals surface area (Å²) in [5.41, 5.74) is 0. The molecule has 2 aliphatic heterocycles. The minimum absolute atomic E-state index is 0.203. The van der Waals surface area contributed by atoms with Gasteiger partial charge in [-0.2, -0.15) is 4.31 Å². The zero-order valence-electron chi connectivity index (χ0n) is 10.7. The molecule has 9 heteroatoms. The summed E-state index contributed by atoms with van der Waals surface area (Å²) in [6, 6.07) is -0.203. The van der Waals surface area contributed by atoms with E-state index in [1.807, 2.05) is 0 Å². The molecule has 0 bridgehead atoms. The number of carboxylic acid groups (broad SMARTS) is 1. The van der Waals surface area contributed by atoms with Gasteiger partial charge < -0.3 is 14.9 Å². The summed E-state index contributed by atoms with van der Waals surface area (Å²) in [4.78, 5) is 25.7. The summed E-state index contributed by atoms with van der Waals surface area (Å²) in [5.74, 6) is -1.35. The number of amides is 2. The maximum atomic E-state index is 12.0. The normalized spacial score (nSPS) is 22.2. The zero-order chi connectivity index (χ0) is 14.2. The highest BCUT2D eigenvalue weighted by atomic mass is 32.2. The monoisotopic (exact) mass is 291 g/mol. The van der Waals surface area contributed by atoms with E-state index in [0.29, 0.717) is 26.2 Å². The lowest BCUT2D eigenvalue weighted by Crippen LogP contribution is -2.60. The van der Waals surface area contributed by atoms with Gasteiger partial charge in [0.05, 0.1) is 12.2 Å². The van der Waals surface area contributed by atoms with Crippen molar-refractivity contribution in [3.8, 4) is 0 Å². The van der Waals surface area contributed by atoms with E-state index in [0.717, 1.165) is 6.26 Å². The van der Waals surface area contributed by atoms with Crippen LogP contribution < -0.4 is 0 Å². The number of piperazine rings is 1. The quantitative estimate of drug-likeness (QED) is 0.682. The predicted octanol–water partition coefficient (Wildman–Crippen LogP) is -1.30. The number of carbonyl (C=O) groups is 2. The van der Waals surface area contributed by atoms with Crippen molar-refractivity contribution in [2.45, 2.75) is 0 Å². The first kappa shape index (κ1) is 14.1. The van der Waals surface area contributed by atoms with Crippen molar-refractivity contribution >= 4 is 22.0 Å². The standard InChI is InChI=1S/C10H17N3O5S/c1-19(17,18)13-4-2-11(3-5-13)10(16)12-6-8(7-12)9(14)15/h8H,2-7H2,1H3,(H,14,15). The third kappa shape index (κ3) is 2.98. The Morgan fingerprint density at radius 2 is 1.58 bits per heavy atom. The Morgan fingerprint density at radius 1 is 1.05 bits per heavy atom. The van der Waals surface area contributed by atoms with Crippen molar-refractivity contribution in [2.24, 2.45) is 5.92 Å². The minimum atomic E-state index is -3.20. The summed E-state index contributed by atoms with van der Waals surface area (Å²) in [6.07, 6.45) is 1.15. The van der Waals surface area contributed by atoms with Crippen LogP contribution in [0.15, 0.2) is 0 Å². The fourth-order valence-electron chi connectivity index (χ4n) is 2.20. The second kappa shape index (κ2) is 4.97. The van der Waals surface area contributed by atoms with Crippen LogP contribution in [0.2, 0.25) is 0 Å². The third-order valence-corrected chi connectivity index (χ3v) is 4.78. The molecule has 108 valence electrons. The van der Waals surface area contributed by atoms with Crippen molar-refractivity contribution in [1.82, 2.24) is 14.1 Å². The topological polar surface area (TPSA) is 98.2 Å². The van der Waals surface area contributed by atoms with Gasteiger partial charge in [-0.05, 0) is 0 Å². The molecule has 0 aromatic rings. The highest BCUT2D eigenvalue weighted by Gasteiger charge is 2.38. The van der Waals surface area contributed by atoms with Crippen molar-refractivity contribution in [3.05, 3.63) is 0 Å². The van der Waals surface area contributed by atoms with Crippen molar-refractivity contribution in [2.75, 3.05) is 45.5 Å². The summed E-state index contributed by atoms with van der Waals surface area (Å²) < 4.78 is 24.0. The maximum Gasteiger partial charge on any atom is 0.320 e. The largest absolute Gasteiger partial charge is 0.481 e. The van der Waals surface area contributed by atoms with E-state index in [9.17, 15) is 18.0 Å². The van der Waals surface area contributed by atoms with E-state index in [1.165, 1.54) is 9.21 Å². The molecule has 19 heavy (non-hydrogen) atoms. The molecule has 1 N–H and O–H groups in total. The fourth-order valence-corrected chi connectivity index (χ4v) is 3.03. The Morgan fingerprint density at radius 3 is 2.00 bits per heavy atom. The average molecular weight is 291 g/mol. The lowest BCUT2D eigenvalue weighted by atomic mass is 10.0. The first-order valence-corrected chi connectivity index (χ1v) is 7.85. The molecule has 2 saturated heterocycles. The van der Waals surface area contributed by atoms with Crippen LogP contribution in [-0.4, -0.2) is 85.2 Å². The first-order chi connectivity index (χ1) is 8.79. The summed E-state index contributed by atoms with van der Waals surface area (Å²) in [5, 5.41) is 8.74. The Kier molecular flexibility index (Phi) is 3.68. The summed E-state index contributed by atoms with van der Waals surface area (Å²) in [6.45, 7) is 1.75. The Bertz CT molecular complexity index is 477. The third-order valence-electron chi connectivity index (χ3n) is 3.48. The molecule has 0 aromatic heterocycles. The number of likely N-dealkylation sites (tertiary alicyclic amines) is 1. The van der Waals surface area contributed by atoms with Crippen LogP contribution >= 0.6 is 0 Å². The summed E-state index contributed by atoms with van der Waals surface area (Å²) in [7, 11) is -3.20. The summed E-state index contributed by atoms with van der Waals surface area (Å²) >= 11 is 0. The van der Waals surface area contributed by atoms with E-state index < -0.39 is 21.9 Å². The molecular weight excluding hydrogens is 274 g/mol. The number of rotatable bonds is 2. The maximum absolute atomic E-state index is 12.0. The number of carboxylic acids is 1. The molecule has 8 nitrogen and oxygen atoms in total. The van der Waals surface area contributed by atoms with Crippen LogP contribution in [0.25, 0.3) is 0 Å². The molecule has 2 fully saturated rings. The number of urea groups is 1. The lowest BCUT2D eigenvalue weighted by molar-refractivity contribution is -0.146. The van der Waals surface area contributed by atoms with Crippen LogP contribution in [0.1, 0.15) is 0 Å². The zero-order valence-corrected chi connectivity index (χ0v) is 11.5. The molecule has 0 unspecified atom stereocenters. The van der Waals surface area contributed by atoms with E-state index in [1.54, 1.807) is 4.90 Å². The predicted molar refractivity (Wildman–Crippen MR) is 66.1 cm³/mol. The van der Waals surface area contributed by atoms with Crippen LogP contribution in [-0.2, 0) is 14.8 Å². The van der Waals surface area contributed by atoms with E-state index in [-0.39, 0.29) is 19.1 Å². The minimum Gasteiger partial charge on any atom is -0.481 e. The molecular formula is C10H17N3O5S. The van der Waals surface area contributed by atoms with E-state index in [2.05, 4.69) is 0 Å². The van der Waals surface area contributed by atoms with Crippen molar-refractivity contribution in [3.63, 3.8) is 0 Å². The number of sulfonamides is 1. The van der Waals surface area contributed by atoms with Crippen LogP contribution in [0, 0.1) is 5.92 Å². The van der Waals surface area contributed by atoms with Crippen molar-refractivity contribution < 1.29 is 23.1 Å². The molecule has 0 aromatic carbocycles. The molecule has 0 aliphatic carbocycles. The van der Waals surface area contributed by atoms with E-state index in [4.69, 9.17) is 5.11 Å². The Balaban J connectivity index is 1.83. The molecule has 0 spiro atoms. The number of nitrogens with zero attached hydrogens (tertiary/aromatic N) is 3. The van der Waals surface area contributed by atoms with Gasteiger partial charge in [-0.15, -0.1) is 0 Å². The number of aliphatic carboxylic acids is 1. The Labute approximate surface area is 111 Å². The highest BCUT2D eigenvalue weighted by molar-refractivity contribution is 7.88. The van der Waals surface area contributed by atoms with E-state index >= 15 is 0 Å². The molecule has 2 heterocycles. The molecule has 0 saturated carbocycles. The van der Waals surface area contributed by atoms with Gasteiger partial charge in [-0.25, -0.2) is 13.2 Å². The van der Waals surface area contributed by atoms with Crippen LogP contribution in [0.4, 0.5) is 4.79 Å². The second-order valence-corrected chi connectivity index (χ2v) is 6.85. The molecule has 0 atom stereocenters. The second-order valence-electron chi connectivity index (χ2n) is 4.87. The fraction of sp³-hybridized carbons (Fsp3) is 0.800. The van der Waals surface area contributed by atoms with Gasteiger partial charge >= 0.3 is 12.0 Å². The van der Waals surface area contributed by atoms with Gasteiger partial charge in [0.25, 0.3) is 0 Å². The molecule has 2 rings (SSSR count). The van der Waals surface area contributed by atoms with Gasteiger partial charge in [0.2, 0.25) is 10.0 Å². The van der Waals surface area contributed by atoms with Gasteiger partial charge in [0.1, 0.15) is 0 Å². The molecule has 2 aliphatic rings. The number of hydrogen-bond donors (Lipinski definition) is 1. The van der Waals surface area contributed by atoms with Gasteiger partial charge in [0.15, 0.2) is 0 Å². The Hall–Kier alpha value is -1.35. The smallest absolute Gasteiger partial charge is 0.320 e. The van der Waals surface area contributed by atoms with Crippen molar-refractivity contribution in [1.29, 1.82) is 0 Å². The average Bonchev–Trinajstić information content (AvgIpc) is 2.25. The first-order valence-electron chi connectivity index (χ1n) is 6.01. The molecule has 0 radical (unpaired) electrons. The highest BCUT2D eigenvalue weighted by Crippen LogP contribution is 2.18. The lowest BCUT2D eigenvalue weighted by Gasteiger charge is -2.42. The van der Waals surface area contributed by atoms with Crippen LogP contribution in [0.3, 0.4) is 0 Å². The van der Waals surface area contributed by atoms with Crippen LogP contribution in [0.5, 0.6) is 0 Å². The van der Waals surface area contributed by atoms with Gasteiger partial charge in [0, 0.05) is 39.3 Å². The molecule has 2 amide bonds. The number of carbonyl (C=O) groups excluding carboxylic acids is 1. The number of hydrogen-bond acceptors (Lipinski definition) is 4. The van der Waals surface area contributed by atoms with Gasteiger partial charge in [-0.3, -0.25) is 4.79 Å². The SMILES string of the molecule is CS(=O)(=O)N1CCN(C(=O)N2CC(C(=O)O)C2)CC1.